The van der Waals surface area contributed by atoms with Gasteiger partial charge < -0.3 is 4.90 Å². The third kappa shape index (κ3) is 2.74. The molecule has 0 aromatic carbocycles. The maximum atomic E-state index is 5.77. The number of nitrogens with zero attached hydrogens (tertiary/aromatic N) is 2. The average Bonchev–Trinajstić information content (AvgIpc) is 2.82. The fraction of sp³-hybridized carbons (Fsp3) is 0.250. The quantitative estimate of drug-likeness (QED) is 0.774. The molecular weight excluding hydrogens is 240 g/mol. The summed E-state index contributed by atoms with van der Waals surface area (Å²) in [6.07, 6.45) is 0. The van der Waals surface area contributed by atoms with E-state index in [0.29, 0.717) is 5.88 Å². The first kappa shape index (κ1) is 11.4. The molecule has 2 heterocycles. The molecule has 0 aliphatic carbocycles. The highest BCUT2D eigenvalue weighted by Gasteiger charge is 2.04. The molecule has 2 aromatic rings. The summed E-state index contributed by atoms with van der Waals surface area (Å²) in [7, 11) is 2.04. The van der Waals surface area contributed by atoms with E-state index in [-0.39, 0.29) is 0 Å². The Bertz CT molecular complexity index is 442. The lowest BCUT2D eigenvalue weighted by Crippen LogP contribution is -2.17. The van der Waals surface area contributed by atoms with E-state index in [9.17, 15) is 0 Å². The van der Waals surface area contributed by atoms with Crippen LogP contribution in [0.2, 0.25) is 0 Å². The normalized spacial score (nSPS) is 10.4. The lowest BCUT2D eigenvalue weighted by molar-refractivity contribution is 0.904. The molecule has 0 N–H and O–H groups in total. The molecule has 2 nitrogen and oxygen atoms in total. The number of anilines is 1. The minimum atomic E-state index is 0.459. The number of aromatic nitrogens is 1. The van der Waals surface area contributed by atoms with E-state index in [1.54, 1.807) is 11.3 Å². The van der Waals surface area contributed by atoms with Crippen LogP contribution in [0.1, 0.15) is 10.6 Å². The number of hydrogen-bond donors (Lipinski definition) is 0. The van der Waals surface area contributed by atoms with Crippen molar-refractivity contribution in [1.29, 1.82) is 0 Å². The molecule has 0 spiro atoms. The number of alkyl halides is 1. The molecular formula is C12H13ClN2S. The van der Waals surface area contributed by atoms with E-state index >= 15 is 0 Å². The molecule has 2 aromatic heterocycles. The van der Waals surface area contributed by atoms with Crippen LogP contribution in [0.3, 0.4) is 0 Å². The van der Waals surface area contributed by atoms with Crippen molar-refractivity contribution in [2.75, 3.05) is 11.9 Å². The lowest BCUT2D eigenvalue weighted by Gasteiger charge is -2.17. The highest BCUT2D eigenvalue weighted by molar-refractivity contribution is 7.09. The second-order valence-corrected chi connectivity index (χ2v) is 4.86. The molecule has 0 aliphatic heterocycles. The fourth-order valence-electron chi connectivity index (χ4n) is 1.47. The smallest absolute Gasteiger partial charge is 0.128 e. The molecule has 4 heteroatoms. The second kappa shape index (κ2) is 5.32. The van der Waals surface area contributed by atoms with E-state index in [1.807, 2.05) is 25.2 Å². The number of rotatable bonds is 4. The Hall–Kier alpha value is -1.06. The Balaban J connectivity index is 2.11. The third-order valence-corrected chi connectivity index (χ3v) is 3.43. The van der Waals surface area contributed by atoms with Gasteiger partial charge >= 0.3 is 0 Å². The van der Waals surface area contributed by atoms with Gasteiger partial charge in [0.25, 0.3) is 0 Å². The SMILES string of the molecule is CN(Cc1cccs1)c1cccc(CCl)n1. The summed E-state index contributed by atoms with van der Waals surface area (Å²) >= 11 is 7.53. The first-order valence-electron chi connectivity index (χ1n) is 5.05. The van der Waals surface area contributed by atoms with Gasteiger partial charge in [-0.1, -0.05) is 12.1 Å². The van der Waals surface area contributed by atoms with Crippen LogP contribution >= 0.6 is 22.9 Å². The first-order valence-corrected chi connectivity index (χ1v) is 6.46. The van der Waals surface area contributed by atoms with Crippen LogP contribution in [0.15, 0.2) is 35.7 Å². The molecule has 16 heavy (non-hydrogen) atoms. The molecule has 2 rings (SSSR count). The van der Waals surface area contributed by atoms with Crippen molar-refractivity contribution in [1.82, 2.24) is 4.98 Å². The zero-order valence-corrected chi connectivity index (χ0v) is 10.6. The molecule has 0 saturated carbocycles. The third-order valence-electron chi connectivity index (χ3n) is 2.29. The largest absolute Gasteiger partial charge is 0.355 e. The van der Waals surface area contributed by atoms with Gasteiger partial charge in [0, 0.05) is 11.9 Å². The number of pyridine rings is 1. The molecule has 0 aliphatic rings. The number of hydrogen-bond acceptors (Lipinski definition) is 3. The number of thiophene rings is 1. The van der Waals surface area contributed by atoms with Gasteiger partial charge in [-0.2, -0.15) is 0 Å². The van der Waals surface area contributed by atoms with E-state index in [0.717, 1.165) is 18.1 Å². The van der Waals surface area contributed by atoms with Gasteiger partial charge in [-0.15, -0.1) is 22.9 Å². The maximum Gasteiger partial charge on any atom is 0.128 e. The Labute approximate surface area is 105 Å². The molecule has 0 fully saturated rings. The van der Waals surface area contributed by atoms with Crippen molar-refractivity contribution in [3.63, 3.8) is 0 Å². The Morgan fingerprint density at radius 1 is 1.31 bits per heavy atom. The van der Waals surface area contributed by atoms with Gasteiger partial charge in [-0.05, 0) is 23.6 Å². The molecule has 0 atom stereocenters. The predicted molar refractivity (Wildman–Crippen MR) is 70.2 cm³/mol. The van der Waals surface area contributed by atoms with E-state index < -0.39 is 0 Å². The topological polar surface area (TPSA) is 16.1 Å². The van der Waals surface area contributed by atoms with Crippen LogP contribution in [0.5, 0.6) is 0 Å². The van der Waals surface area contributed by atoms with E-state index in [2.05, 4.69) is 27.4 Å². The van der Waals surface area contributed by atoms with Gasteiger partial charge in [-0.25, -0.2) is 4.98 Å². The summed E-state index contributed by atoms with van der Waals surface area (Å²) in [6, 6.07) is 10.1. The van der Waals surface area contributed by atoms with E-state index in [1.165, 1.54) is 4.88 Å². The van der Waals surface area contributed by atoms with Crippen LogP contribution in [0, 0.1) is 0 Å². The van der Waals surface area contributed by atoms with Gasteiger partial charge in [0.1, 0.15) is 5.82 Å². The van der Waals surface area contributed by atoms with Crippen molar-refractivity contribution in [2.24, 2.45) is 0 Å². The van der Waals surface area contributed by atoms with Crippen molar-refractivity contribution in [3.8, 4) is 0 Å². The summed E-state index contributed by atoms with van der Waals surface area (Å²) < 4.78 is 0. The summed E-state index contributed by atoms with van der Waals surface area (Å²) in [6.45, 7) is 0.885. The lowest BCUT2D eigenvalue weighted by atomic mass is 10.3. The van der Waals surface area contributed by atoms with Crippen LogP contribution in [-0.4, -0.2) is 12.0 Å². The standard InChI is InChI=1S/C12H13ClN2S/c1-15(9-11-5-3-7-16-11)12-6-2-4-10(8-13)14-12/h2-7H,8-9H2,1H3. The molecule has 84 valence electrons. The summed E-state index contributed by atoms with van der Waals surface area (Å²) in [5.41, 5.74) is 0.914. The number of halogens is 1. The summed E-state index contributed by atoms with van der Waals surface area (Å²) in [5.74, 6) is 1.42. The van der Waals surface area contributed by atoms with Gasteiger partial charge in [0.15, 0.2) is 0 Å². The summed E-state index contributed by atoms with van der Waals surface area (Å²) in [5, 5.41) is 2.09. The van der Waals surface area contributed by atoms with Crippen molar-refractivity contribution >= 4 is 28.8 Å². The molecule has 0 unspecified atom stereocenters. The fourth-order valence-corrected chi connectivity index (χ4v) is 2.38. The minimum Gasteiger partial charge on any atom is -0.355 e. The zero-order valence-electron chi connectivity index (χ0n) is 9.06. The highest BCUT2D eigenvalue weighted by atomic mass is 35.5. The van der Waals surface area contributed by atoms with Crippen LogP contribution in [0.25, 0.3) is 0 Å². The monoisotopic (exact) mass is 252 g/mol. The first-order chi connectivity index (χ1) is 7.79. The zero-order chi connectivity index (χ0) is 11.4. The Kier molecular flexibility index (Phi) is 3.80. The van der Waals surface area contributed by atoms with E-state index in [4.69, 9.17) is 11.6 Å². The van der Waals surface area contributed by atoms with Gasteiger partial charge in [0.05, 0.1) is 18.1 Å². The molecule has 0 saturated heterocycles. The predicted octanol–water partition coefficient (Wildman–Crippen LogP) is 3.52. The molecule has 0 amide bonds. The van der Waals surface area contributed by atoms with Crippen LogP contribution in [-0.2, 0) is 12.4 Å². The molecule has 0 radical (unpaired) electrons. The van der Waals surface area contributed by atoms with Crippen molar-refractivity contribution < 1.29 is 0 Å². The van der Waals surface area contributed by atoms with Crippen LogP contribution in [0.4, 0.5) is 5.82 Å². The van der Waals surface area contributed by atoms with Crippen LogP contribution < -0.4 is 4.90 Å². The highest BCUT2D eigenvalue weighted by Crippen LogP contribution is 2.16. The molecule has 0 bridgehead atoms. The van der Waals surface area contributed by atoms with Gasteiger partial charge in [-0.3, -0.25) is 0 Å². The summed E-state index contributed by atoms with van der Waals surface area (Å²) in [4.78, 5) is 7.93. The Morgan fingerprint density at radius 3 is 2.88 bits per heavy atom. The maximum absolute atomic E-state index is 5.77. The van der Waals surface area contributed by atoms with Crippen molar-refractivity contribution in [3.05, 3.63) is 46.3 Å². The average molecular weight is 253 g/mol. The van der Waals surface area contributed by atoms with Crippen molar-refractivity contribution in [2.45, 2.75) is 12.4 Å². The minimum absolute atomic E-state index is 0.459. The Morgan fingerprint density at radius 2 is 2.19 bits per heavy atom. The second-order valence-electron chi connectivity index (χ2n) is 3.56. The van der Waals surface area contributed by atoms with Gasteiger partial charge in [0.2, 0.25) is 0 Å².